The van der Waals surface area contributed by atoms with E-state index < -0.39 is 13.4 Å². The molecular weight excluding hydrogens is 447 g/mol. The summed E-state index contributed by atoms with van der Waals surface area (Å²) in [5.74, 6) is 1.83. The molecule has 0 radical (unpaired) electrons. The Morgan fingerprint density at radius 1 is 0.824 bits per heavy atom. The number of hydrogen-bond donors (Lipinski definition) is 1. The maximum Gasteiger partial charge on any atom is 0.363 e. The average molecular weight is 495 g/mol. The Balaban J connectivity index is 1.94. The van der Waals surface area contributed by atoms with Crippen LogP contribution in [0.5, 0.6) is 5.75 Å². The lowest BCUT2D eigenvalue weighted by Crippen LogP contribution is -2.37. The molecule has 0 spiro atoms. The summed E-state index contributed by atoms with van der Waals surface area (Å²) in [6.07, 6.45) is 5.76. The Labute approximate surface area is 207 Å². The van der Waals surface area contributed by atoms with Gasteiger partial charge in [0.05, 0.1) is 19.3 Å². The minimum atomic E-state index is -3.89. The van der Waals surface area contributed by atoms with Gasteiger partial charge in [-0.25, -0.2) is 0 Å². The predicted octanol–water partition coefficient (Wildman–Crippen LogP) is 7.83. The summed E-state index contributed by atoms with van der Waals surface area (Å²) in [7, 11) is -2.28. The second-order valence-corrected chi connectivity index (χ2v) is 13.6. The third-order valence-corrected chi connectivity index (χ3v) is 10.2. The van der Waals surface area contributed by atoms with E-state index in [9.17, 15) is 9.67 Å². The number of benzene rings is 1. The van der Waals surface area contributed by atoms with Gasteiger partial charge in [-0.15, -0.1) is 0 Å². The maximum atomic E-state index is 14.6. The topological polar surface area (TPSA) is 65.0 Å². The lowest BCUT2D eigenvalue weighted by Gasteiger charge is -2.42. The molecule has 0 saturated heterocycles. The fourth-order valence-electron chi connectivity index (χ4n) is 5.95. The first kappa shape index (κ1) is 27.7. The van der Waals surface area contributed by atoms with E-state index in [4.69, 9.17) is 13.8 Å². The molecule has 0 heterocycles. The molecule has 1 unspecified atom stereocenters. The molecule has 3 rings (SSSR count). The largest absolute Gasteiger partial charge is 0.497 e. The zero-order valence-electron chi connectivity index (χ0n) is 22.3. The van der Waals surface area contributed by atoms with Crippen molar-refractivity contribution in [1.82, 2.24) is 0 Å². The van der Waals surface area contributed by atoms with Gasteiger partial charge in [-0.3, -0.25) is 4.57 Å². The second kappa shape index (κ2) is 11.9. The summed E-state index contributed by atoms with van der Waals surface area (Å²) in [6.45, 7) is 13.3. The second-order valence-electron chi connectivity index (χ2n) is 11.6. The molecular formula is C28H47O5P. The van der Waals surface area contributed by atoms with Crippen molar-refractivity contribution in [1.29, 1.82) is 0 Å². The van der Waals surface area contributed by atoms with Gasteiger partial charge in [0, 0.05) is 0 Å². The molecule has 0 bridgehead atoms. The SMILES string of the molecule is COc1ccc([C@H](O)P(=O)(O[C@@H]2C[C@H](C)CC[C@@H]2C(C)C)O[C@@H]2C[C@H](C)CC[C@H]2C(C)C)cc1. The van der Waals surface area contributed by atoms with Gasteiger partial charge in [-0.1, -0.05) is 66.5 Å². The predicted molar refractivity (Wildman–Crippen MR) is 138 cm³/mol. The van der Waals surface area contributed by atoms with Gasteiger partial charge >= 0.3 is 7.60 Å². The number of hydrogen-bond acceptors (Lipinski definition) is 5. The molecule has 34 heavy (non-hydrogen) atoms. The van der Waals surface area contributed by atoms with E-state index in [1.165, 1.54) is 0 Å². The molecule has 5 nitrogen and oxygen atoms in total. The van der Waals surface area contributed by atoms with E-state index >= 15 is 0 Å². The summed E-state index contributed by atoms with van der Waals surface area (Å²) >= 11 is 0. The van der Waals surface area contributed by atoms with E-state index in [-0.39, 0.29) is 12.2 Å². The highest BCUT2D eigenvalue weighted by molar-refractivity contribution is 7.54. The Hall–Kier alpha value is -0.870. The van der Waals surface area contributed by atoms with Gasteiger partial charge in [-0.05, 0) is 78.9 Å². The summed E-state index contributed by atoms with van der Waals surface area (Å²) < 4.78 is 32.9. The zero-order valence-corrected chi connectivity index (χ0v) is 23.2. The van der Waals surface area contributed by atoms with Crippen LogP contribution >= 0.6 is 7.60 Å². The Kier molecular flexibility index (Phi) is 9.71. The smallest absolute Gasteiger partial charge is 0.363 e. The third-order valence-electron chi connectivity index (χ3n) is 8.20. The van der Waals surface area contributed by atoms with Crippen molar-refractivity contribution in [3.05, 3.63) is 29.8 Å². The van der Waals surface area contributed by atoms with E-state index in [2.05, 4.69) is 41.5 Å². The minimum absolute atomic E-state index is 0.180. The quantitative estimate of drug-likeness (QED) is 0.354. The highest BCUT2D eigenvalue weighted by atomic mass is 31.2. The van der Waals surface area contributed by atoms with Crippen LogP contribution in [-0.4, -0.2) is 24.4 Å². The fourth-order valence-corrected chi connectivity index (χ4v) is 8.01. The first-order chi connectivity index (χ1) is 16.0. The molecule has 1 N–H and O–H groups in total. The molecule has 2 aliphatic rings. The van der Waals surface area contributed by atoms with Crippen molar-refractivity contribution in [3.63, 3.8) is 0 Å². The molecule has 0 amide bonds. The molecule has 6 heteroatoms. The van der Waals surface area contributed by atoms with Gasteiger partial charge in [0.25, 0.3) is 0 Å². The lowest BCUT2D eigenvalue weighted by atomic mass is 9.75. The molecule has 0 aromatic heterocycles. The van der Waals surface area contributed by atoms with Gasteiger partial charge in [-0.2, -0.15) is 0 Å². The van der Waals surface area contributed by atoms with Crippen molar-refractivity contribution in [2.75, 3.05) is 7.11 Å². The van der Waals surface area contributed by atoms with Crippen molar-refractivity contribution in [3.8, 4) is 5.75 Å². The van der Waals surface area contributed by atoms with Crippen LogP contribution in [0.15, 0.2) is 24.3 Å². The highest BCUT2D eigenvalue weighted by Gasteiger charge is 2.46. The van der Waals surface area contributed by atoms with Gasteiger partial charge in [0.1, 0.15) is 5.75 Å². The summed E-state index contributed by atoms with van der Waals surface area (Å²) in [5, 5.41) is 11.5. The molecule has 0 aliphatic heterocycles. The molecule has 194 valence electrons. The Bertz CT molecular complexity index is 770. The van der Waals surface area contributed by atoms with Crippen LogP contribution in [0.3, 0.4) is 0 Å². The van der Waals surface area contributed by atoms with Crippen molar-refractivity contribution in [2.45, 2.75) is 98.1 Å². The van der Waals surface area contributed by atoms with Crippen LogP contribution in [0.1, 0.15) is 91.5 Å². The number of ether oxygens (including phenoxy) is 1. The first-order valence-electron chi connectivity index (χ1n) is 13.3. The lowest BCUT2D eigenvalue weighted by molar-refractivity contribution is -0.0154. The highest BCUT2D eigenvalue weighted by Crippen LogP contribution is 2.64. The van der Waals surface area contributed by atoms with Gasteiger partial charge < -0.3 is 18.9 Å². The minimum Gasteiger partial charge on any atom is -0.497 e. The fraction of sp³-hybridized carbons (Fsp3) is 0.786. The number of rotatable bonds is 9. The standard InChI is InChI=1S/C28H47O5P/c1-18(2)24-14-8-20(5)16-26(24)32-34(30,28(29)22-10-12-23(31-7)13-11-22)33-27-17-21(6)9-15-25(27)19(3)4/h10-13,18-21,24-29H,8-9,14-17H2,1-7H3/t20-,21-,24-,25+,26-,27-,28-,34?/m1/s1. The van der Waals surface area contributed by atoms with Crippen LogP contribution in [0, 0.1) is 35.5 Å². The molecule has 1 aromatic rings. The molecule has 8 atom stereocenters. The van der Waals surface area contributed by atoms with E-state index in [0.29, 0.717) is 46.8 Å². The maximum absolute atomic E-state index is 14.6. The van der Waals surface area contributed by atoms with E-state index in [0.717, 1.165) is 38.5 Å². The third kappa shape index (κ3) is 6.66. The zero-order chi connectivity index (χ0) is 25.0. The van der Waals surface area contributed by atoms with Crippen LogP contribution in [0.4, 0.5) is 0 Å². The van der Waals surface area contributed by atoms with Crippen LogP contribution in [-0.2, 0) is 13.6 Å². The van der Waals surface area contributed by atoms with E-state index in [1.807, 2.05) is 0 Å². The number of methoxy groups -OCH3 is 1. The van der Waals surface area contributed by atoms with Crippen LogP contribution in [0.25, 0.3) is 0 Å². The summed E-state index contributed by atoms with van der Waals surface area (Å²) in [6, 6.07) is 7.08. The molecule has 2 aliphatic carbocycles. The van der Waals surface area contributed by atoms with Crippen molar-refractivity contribution in [2.24, 2.45) is 35.5 Å². The average Bonchev–Trinajstić information content (AvgIpc) is 2.78. The molecule has 2 saturated carbocycles. The Morgan fingerprint density at radius 3 is 1.65 bits per heavy atom. The first-order valence-corrected chi connectivity index (χ1v) is 14.9. The van der Waals surface area contributed by atoms with Crippen molar-refractivity contribution >= 4 is 7.60 Å². The van der Waals surface area contributed by atoms with Gasteiger partial charge in [0.15, 0.2) is 5.85 Å². The summed E-state index contributed by atoms with van der Waals surface area (Å²) in [4.78, 5) is 0. The van der Waals surface area contributed by atoms with Crippen LogP contribution in [0.2, 0.25) is 0 Å². The normalized spacial score (nSPS) is 33.0. The molecule has 2 fully saturated rings. The Morgan fingerprint density at radius 2 is 1.26 bits per heavy atom. The summed E-state index contributed by atoms with van der Waals surface area (Å²) in [5.41, 5.74) is 0.541. The number of aliphatic hydroxyl groups is 1. The van der Waals surface area contributed by atoms with Gasteiger partial charge in [0.2, 0.25) is 0 Å². The van der Waals surface area contributed by atoms with Crippen molar-refractivity contribution < 1.29 is 23.5 Å². The van der Waals surface area contributed by atoms with E-state index in [1.54, 1.807) is 31.4 Å². The number of aliphatic hydroxyl groups excluding tert-OH is 1. The molecule has 1 aromatic carbocycles. The monoisotopic (exact) mass is 494 g/mol. The van der Waals surface area contributed by atoms with Crippen LogP contribution < -0.4 is 4.74 Å².